The molecule has 13 heteroatoms. The Morgan fingerprint density at radius 1 is 0.545 bits per heavy atom. The monoisotopic (exact) mass is 531 g/mol. The van der Waals surface area contributed by atoms with Gasteiger partial charge >= 0.3 is 16.8 Å². The molecule has 0 bridgehead atoms. The summed E-state index contributed by atoms with van der Waals surface area (Å²) in [6.07, 6.45) is 0. The molecule has 0 aliphatic rings. The molecule has 0 spiro atoms. The third kappa shape index (κ3) is 41.8. The van der Waals surface area contributed by atoms with Gasteiger partial charge in [-0.1, -0.05) is 27.7 Å². The minimum absolute atomic E-state index is 0. The van der Waals surface area contributed by atoms with Gasteiger partial charge in [0.25, 0.3) is 0 Å². The summed E-state index contributed by atoms with van der Waals surface area (Å²) >= 11 is 0. The quantitative estimate of drug-likeness (QED) is 0.125. The summed E-state index contributed by atoms with van der Waals surface area (Å²) in [7, 11) is 0. The van der Waals surface area contributed by atoms with Crippen LogP contribution in [0.15, 0.2) is 0 Å². The average molecular weight is 532 g/mol. The molecule has 0 aliphatic heterocycles. The molecule has 0 aromatic carbocycles. The summed E-state index contributed by atoms with van der Waals surface area (Å²) in [6.45, 7) is 9.82. The predicted octanol–water partition coefficient (Wildman–Crippen LogP) is -4.69. The number of aliphatic hydroxyl groups excluding tert-OH is 6. The fourth-order valence-electron chi connectivity index (χ4n) is 1.52. The van der Waals surface area contributed by atoms with Gasteiger partial charge in [-0.3, -0.25) is 9.80 Å². The molecule has 0 saturated carbocycles. The number of hydrogen-bond acceptors (Lipinski definition) is 12. The second-order valence-electron chi connectivity index (χ2n) is 6.97. The number of carboxylic acid groups (broad SMARTS) is 2. The van der Waals surface area contributed by atoms with Gasteiger partial charge in [-0.25, -0.2) is 0 Å². The van der Waals surface area contributed by atoms with Crippen molar-refractivity contribution in [3.8, 4) is 0 Å². The maximum atomic E-state index is 9.59. The van der Waals surface area contributed by atoms with Gasteiger partial charge in [0.1, 0.15) is 0 Å². The minimum Gasteiger partial charge on any atom is -0.550 e. The van der Waals surface area contributed by atoms with Gasteiger partial charge < -0.3 is 50.4 Å². The Kier molecular flexibility index (Phi) is 42.7. The molecular formula is C20H44CoN2O10. The molecule has 0 aromatic rings. The summed E-state index contributed by atoms with van der Waals surface area (Å²) in [6, 6.07) is 0. The molecule has 0 saturated heterocycles. The Morgan fingerprint density at radius 2 is 0.667 bits per heavy atom. The minimum atomic E-state index is -0.991. The van der Waals surface area contributed by atoms with Crippen LogP contribution in [0.2, 0.25) is 0 Å². The van der Waals surface area contributed by atoms with Crippen molar-refractivity contribution in [2.75, 3.05) is 78.9 Å². The molecule has 203 valence electrons. The average Bonchev–Trinajstić information content (AvgIpc) is 2.70. The van der Waals surface area contributed by atoms with Crippen molar-refractivity contribution in [2.45, 2.75) is 27.7 Å². The van der Waals surface area contributed by atoms with Crippen molar-refractivity contribution in [1.82, 2.24) is 9.80 Å². The van der Waals surface area contributed by atoms with Gasteiger partial charge in [-0.05, 0) is 11.8 Å². The molecule has 12 nitrogen and oxygen atoms in total. The van der Waals surface area contributed by atoms with E-state index in [1.807, 2.05) is 0 Å². The SMILES string of the molecule is CC(C)C(=O)[O-].CC(C)C(=O)[O-].OCCN(CCO)CCO.OCCN(CCO)CCO.[Co+2]. The number of aliphatic hydroxyl groups is 6. The Hall–Kier alpha value is -0.874. The molecule has 0 fully saturated rings. The number of hydrogen-bond donors (Lipinski definition) is 6. The molecule has 0 aliphatic carbocycles. The second-order valence-corrected chi connectivity index (χ2v) is 6.97. The Morgan fingerprint density at radius 3 is 0.727 bits per heavy atom. The summed E-state index contributed by atoms with van der Waals surface area (Å²) in [5, 5.41) is 70.1. The van der Waals surface area contributed by atoms with E-state index in [1.54, 1.807) is 37.5 Å². The molecule has 0 unspecified atom stereocenters. The number of aliphatic carboxylic acids is 2. The van der Waals surface area contributed by atoms with Crippen molar-refractivity contribution in [1.29, 1.82) is 0 Å². The van der Waals surface area contributed by atoms with Crippen molar-refractivity contribution in [3.05, 3.63) is 0 Å². The number of carboxylic acids is 2. The number of carbonyl (C=O) groups is 2. The van der Waals surface area contributed by atoms with Gasteiger partial charge in [-0.2, -0.15) is 0 Å². The van der Waals surface area contributed by atoms with Gasteiger partial charge in [0.05, 0.1) is 39.6 Å². The summed E-state index contributed by atoms with van der Waals surface area (Å²) in [5.41, 5.74) is 0. The van der Waals surface area contributed by atoms with Gasteiger partial charge in [0, 0.05) is 51.2 Å². The van der Waals surface area contributed by atoms with Crippen LogP contribution in [0.25, 0.3) is 0 Å². The molecule has 33 heavy (non-hydrogen) atoms. The van der Waals surface area contributed by atoms with Crippen molar-refractivity contribution >= 4 is 11.9 Å². The molecule has 0 rings (SSSR count). The van der Waals surface area contributed by atoms with E-state index in [0.717, 1.165) is 0 Å². The molecule has 0 aromatic heterocycles. The van der Waals surface area contributed by atoms with Gasteiger partial charge in [0.2, 0.25) is 0 Å². The predicted molar refractivity (Wildman–Crippen MR) is 115 cm³/mol. The zero-order valence-electron chi connectivity index (χ0n) is 20.2. The topological polar surface area (TPSA) is 208 Å². The van der Waals surface area contributed by atoms with Crippen LogP contribution in [0.1, 0.15) is 27.7 Å². The third-order valence-electron chi connectivity index (χ3n) is 3.44. The summed E-state index contributed by atoms with van der Waals surface area (Å²) < 4.78 is 0. The molecular weight excluding hydrogens is 487 g/mol. The first-order valence-electron chi connectivity index (χ1n) is 10.5. The zero-order chi connectivity index (χ0) is 25.9. The third-order valence-corrected chi connectivity index (χ3v) is 3.44. The first kappa shape index (κ1) is 42.3. The van der Waals surface area contributed by atoms with Crippen molar-refractivity contribution < 1.29 is 67.2 Å². The molecule has 1 radical (unpaired) electrons. The van der Waals surface area contributed by atoms with Gasteiger partial charge in [0.15, 0.2) is 0 Å². The fourth-order valence-corrected chi connectivity index (χ4v) is 1.52. The van der Waals surface area contributed by atoms with E-state index in [2.05, 4.69) is 0 Å². The first-order valence-corrected chi connectivity index (χ1v) is 10.5. The van der Waals surface area contributed by atoms with Crippen molar-refractivity contribution in [3.63, 3.8) is 0 Å². The molecule has 0 heterocycles. The maximum absolute atomic E-state index is 9.59. The van der Waals surface area contributed by atoms with Crippen LogP contribution in [0.3, 0.4) is 0 Å². The molecule has 6 N–H and O–H groups in total. The van der Waals surface area contributed by atoms with Crippen LogP contribution in [-0.2, 0) is 26.4 Å². The van der Waals surface area contributed by atoms with Crippen LogP contribution in [0.4, 0.5) is 0 Å². The van der Waals surface area contributed by atoms with E-state index in [4.69, 9.17) is 30.6 Å². The smallest absolute Gasteiger partial charge is 0.550 e. The molecule has 0 amide bonds. The summed E-state index contributed by atoms with van der Waals surface area (Å²) in [4.78, 5) is 22.8. The number of rotatable bonds is 14. The summed E-state index contributed by atoms with van der Waals surface area (Å²) in [5.74, 6) is -2.67. The largest absolute Gasteiger partial charge is 2.00 e. The maximum Gasteiger partial charge on any atom is 2.00 e. The van der Waals surface area contributed by atoms with E-state index in [0.29, 0.717) is 39.3 Å². The fraction of sp³-hybridized carbons (Fsp3) is 0.900. The Bertz CT molecular complexity index is 341. The van der Waals surface area contributed by atoms with Gasteiger partial charge in [-0.15, -0.1) is 0 Å². The number of carbonyl (C=O) groups excluding carboxylic acids is 2. The number of nitrogens with zero attached hydrogens (tertiary/aromatic N) is 2. The van der Waals surface area contributed by atoms with E-state index >= 15 is 0 Å². The Balaban J connectivity index is -0.000000108. The normalized spacial score (nSPS) is 9.88. The van der Waals surface area contributed by atoms with E-state index in [-0.39, 0.29) is 68.3 Å². The molecule has 0 atom stereocenters. The van der Waals surface area contributed by atoms with Crippen LogP contribution in [0, 0.1) is 11.8 Å². The van der Waals surface area contributed by atoms with E-state index < -0.39 is 11.9 Å². The van der Waals surface area contributed by atoms with Crippen LogP contribution >= 0.6 is 0 Å². The second kappa shape index (κ2) is 33.3. The first-order chi connectivity index (χ1) is 15.0. The van der Waals surface area contributed by atoms with Crippen LogP contribution in [-0.4, -0.2) is 131 Å². The Labute approximate surface area is 207 Å². The van der Waals surface area contributed by atoms with Crippen LogP contribution < -0.4 is 10.2 Å². The van der Waals surface area contributed by atoms with Crippen molar-refractivity contribution in [2.24, 2.45) is 11.8 Å². The van der Waals surface area contributed by atoms with E-state index in [9.17, 15) is 19.8 Å². The van der Waals surface area contributed by atoms with E-state index in [1.165, 1.54) is 0 Å². The zero-order valence-corrected chi connectivity index (χ0v) is 21.2. The standard InChI is InChI=1S/2C6H15NO3.2C4H8O2.Co/c2*8-4-1-7(2-5-9)3-6-10;2*1-3(2)4(5)6;/h2*8-10H,1-6H2;2*3H,1-2H3,(H,5,6);/q;;;;+2/p-2. The van der Waals surface area contributed by atoms with Crippen LogP contribution in [0.5, 0.6) is 0 Å².